The van der Waals surface area contributed by atoms with Gasteiger partial charge in [0, 0.05) is 34.7 Å². The Morgan fingerprint density at radius 3 is 2.32 bits per heavy atom. The number of nitrogens with one attached hydrogen (secondary N) is 1. The maximum Gasteiger partial charge on any atom is 0.321 e. The molecule has 1 atom stereocenters. The monoisotopic (exact) mass is 284 g/mol. The van der Waals surface area contributed by atoms with E-state index in [9.17, 15) is 14.1 Å². The third-order valence-electron chi connectivity index (χ3n) is 2.41. The first-order valence-corrected chi connectivity index (χ1v) is 7.43. The number of urea groups is 1. The van der Waals surface area contributed by atoms with Crippen LogP contribution >= 0.6 is 0 Å². The summed E-state index contributed by atoms with van der Waals surface area (Å²) in [6.45, 7) is 3.51. The van der Waals surface area contributed by atoms with Crippen LogP contribution in [0.5, 0.6) is 0 Å². The number of rotatable bonds is 4. The lowest BCUT2D eigenvalue weighted by Gasteiger charge is -2.25. The average molecular weight is 284 g/mol. The predicted octanol–water partition coefficient (Wildman–Crippen LogP) is 1.66. The van der Waals surface area contributed by atoms with Crippen molar-refractivity contribution in [2.45, 2.75) is 24.3 Å². The molecule has 106 valence electrons. The van der Waals surface area contributed by atoms with Crippen LogP contribution in [-0.2, 0) is 10.8 Å². The van der Waals surface area contributed by atoms with Gasteiger partial charge in [0.05, 0.1) is 12.1 Å². The number of amides is 2. The molecule has 1 aromatic rings. The van der Waals surface area contributed by atoms with E-state index in [-0.39, 0.29) is 12.6 Å². The Balaban J connectivity index is 2.64. The first kappa shape index (κ1) is 15.7. The number of nitrogens with zero attached hydrogens (tertiary/aromatic N) is 1. The highest BCUT2D eigenvalue weighted by molar-refractivity contribution is 7.84. The highest BCUT2D eigenvalue weighted by Crippen LogP contribution is 2.13. The number of anilines is 1. The van der Waals surface area contributed by atoms with Crippen molar-refractivity contribution in [3.05, 3.63) is 24.3 Å². The average Bonchev–Trinajstić information content (AvgIpc) is 2.27. The summed E-state index contributed by atoms with van der Waals surface area (Å²) in [5.41, 5.74) is -0.309. The lowest BCUT2D eigenvalue weighted by atomic mass is 10.1. The summed E-state index contributed by atoms with van der Waals surface area (Å²) in [6, 6.07) is 6.52. The second-order valence-electron chi connectivity index (χ2n) is 5.08. The quantitative estimate of drug-likeness (QED) is 0.883. The minimum absolute atomic E-state index is 0.232. The van der Waals surface area contributed by atoms with Crippen LogP contribution in [0.2, 0.25) is 0 Å². The van der Waals surface area contributed by atoms with Crippen molar-refractivity contribution in [2.24, 2.45) is 0 Å². The SMILES string of the molecule is CN(CC(C)(C)O)C(=O)Nc1ccc(S(C)=O)cc1. The molecule has 0 aromatic heterocycles. The van der Waals surface area contributed by atoms with Crippen molar-refractivity contribution in [3.8, 4) is 0 Å². The normalized spacial score (nSPS) is 12.9. The van der Waals surface area contributed by atoms with Crippen molar-refractivity contribution >= 4 is 22.5 Å². The van der Waals surface area contributed by atoms with Crippen LogP contribution in [0.25, 0.3) is 0 Å². The third-order valence-corrected chi connectivity index (χ3v) is 3.34. The molecule has 0 bridgehead atoms. The lowest BCUT2D eigenvalue weighted by Crippen LogP contribution is -2.41. The van der Waals surface area contributed by atoms with E-state index in [1.165, 1.54) is 4.90 Å². The van der Waals surface area contributed by atoms with Gasteiger partial charge in [-0.15, -0.1) is 0 Å². The molecule has 0 saturated heterocycles. The predicted molar refractivity (Wildman–Crippen MR) is 76.7 cm³/mol. The Bertz CT molecular complexity index is 466. The van der Waals surface area contributed by atoms with Gasteiger partial charge in [0.25, 0.3) is 0 Å². The van der Waals surface area contributed by atoms with E-state index < -0.39 is 16.4 Å². The molecule has 6 heteroatoms. The van der Waals surface area contributed by atoms with E-state index in [1.54, 1.807) is 51.4 Å². The Hall–Kier alpha value is -1.40. The molecule has 0 saturated carbocycles. The Kier molecular flexibility index (Phi) is 5.08. The van der Waals surface area contributed by atoms with Crippen LogP contribution in [-0.4, -0.2) is 45.7 Å². The van der Waals surface area contributed by atoms with E-state index in [0.717, 1.165) is 0 Å². The molecule has 0 radical (unpaired) electrons. The van der Waals surface area contributed by atoms with Gasteiger partial charge >= 0.3 is 6.03 Å². The maximum absolute atomic E-state index is 11.9. The van der Waals surface area contributed by atoms with Gasteiger partial charge in [-0.05, 0) is 38.1 Å². The topological polar surface area (TPSA) is 69.6 Å². The smallest absolute Gasteiger partial charge is 0.321 e. The van der Waals surface area contributed by atoms with Crippen molar-refractivity contribution in [1.82, 2.24) is 4.90 Å². The molecular formula is C13H20N2O3S. The van der Waals surface area contributed by atoms with Crippen LogP contribution in [0.1, 0.15) is 13.8 Å². The first-order valence-electron chi connectivity index (χ1n) is 5.87. The molecule has 1 aromatic carbocycles. The van der Waals surface area contributed by atoms with Gasteiger partial charge < -0.3 is 15.3 Å². The minimum atomic E-state index is -1.03. The van der Waals surface area contributed by atoms with Crippen LogP contribution in [0.4, 0.5) is 10.5 Å². The summed E-state index contributed by atoms with van der Waals surface area (Å²) >= 11 is 0. The van der Waals surface area contributed by atoms with E-state index in [2.05, 4.69) is 5.32 Å². The summed E-state index contributed by atoms with van der Waals surface area (Å²) in [5.74, 6) is 0. The van der Waals surface area contributed by atoms with E-state index in [0.29, 0.717) is 10.6 Å². The molecule has 5 nitrogen and oxygen atoms in total. The molecule has 0 fully saturated rings. The largest absolute Gasteiger partial charge is 0.389 e. The first-order chi connectivity index (χ1) is 8.69. The number of benzene rings is 1. The van der Waals surface area contributed by atoms with Gasteiger partial charge in [-0.3, -0.25) is 4.21 Å². The number of aliphatic hydroxyl groups is 1. The van der Waals surface area contributed by atoms with E-state index in [4.69, 9.17) is 0 Å². The van der Waals surface area contributed by atoms with Crippen molar-refractivity contribution in [1.29, 1.82) is 0 Å². The fourth-order valence-electron chi connectivity index (χ4n) is 1.60. The number of carbonyl (C=O) groups excluding carboxylic acids is 1. The summed E-state index contributed by atoms with van der Waals surface area (Å²) in [6.07, 6.45) is 1.60. The van der Waals surface area contributed by atoms with Crippen LogP contribution in [0.15, 0.2) is 29.2 Å². The molecule has 2 amide bonds. The summed E-state index contributed by atoms with van der Waals surface area (Å²) in [5, 5.41) is 12.4. The van der Waals surface area contributed by atoms with Gasteiger partial charge in [0.15, 0.2) is 0 Å². The van der Waals surface area contributed by atoms with Gasteiger partial charge in [-0.1, -0.05) is 0 Å². The summed E-state index contributed by atoms with van der Waals surface area (Å²) in [7, 11) is 0.586. The minimum Gasteiger partial charge on any atom is -0.389 e. The van der Waals surface area contributed by atoms with Crippen molar-refractivity contribution in [2.75, 3.05) is 25.2 Å². The van der Waals surface area contributed by atoms with Crippen molar-refractivity contribution < 1.29 is 14.1 Å². The van der Waals surface area contributed by atoms with Gasteiger partial charge in [-0.25, -0.2) is 4.79 Å². The number of likely N-dealkylation sites (N-methyl/N-ethyl adjacent to an activating group) is 1. The molecule has 1 unspecified atom stereocenters. The fraction of sp³-hybridized carbons (Fsp3) is 0.462. The number of hydrogen-bond donors (Lipinski definition) is 2. The van der Waals surface area contributed by atoms with E-state index >= 15 is 0 Å². The van der Waals surface area contributed by atoms with Crippen LogP contribution in [0.3, 0.4) is 0 Å². The Morgan fingerprint density at radius 2 is 1.89 bits per heavy atom. The number of hydrogen-bond acceptors (Lipinski definition) is 3. The Labute approximate surface area is 116 Å². The molecule has 0 aliphatic carbocycles. The van der Waals surface area contributed by atoms with Crippen LogP contribution < -0.4 is 5.32 Å². The Morgan fingerprint density at radius 1 is 1.37 bits per heavy atom. The molecular weight excluding hydrogens is 264 g/mol. The molecule has 2 N–H and O–H groups in total. The van der Waals surface area contributed by atoms with Crippen molar-refractivity contribution in [3.63, 3.8) is 0 Å². The fourth-order valence-corrected chi connectivity index (χ4v) is 2.12. The van der Waals surface area contributed by atoms with Crippen LogP contribution in [0, 0.1) is 0 Å². The number of carbonyl (C=O) groups is 1. The molecule has 0 spiro atoms. The van der Waals surface area contributed by atoms with Gasteiger partial charge in [-0.2, -0.15) is 0 Å². The van der Waals surface area contributed by atoms with E-state index in [1.807, 2.05) is 0 Å². The third kappa shape index (κ3) is 5.40. The second kappa shape index (κ2) is 6.16. The molecule has 0 aliphatic rings. The van der Waals surface area contributed by atoms with Gasteiger partial charge in [0.2, 0.25) is 0 Å². The highest BCUT2D eigenvalue weighted by atomic mass is 32.2. The molecule has 1 rings (SSSR count). The lowest BCUT2D eigenvalue weighted by molar-refractivity contribution is 0.0550. The molecule has 0 aliphatic heterocycles. The summed E-state index contributed by atoms with van der Waals surface area (Å²) in [4.78, 5) is 14.0. The van der Waals surface area contributed by atoms with Gasteiger partial charge in [0.1, 0.15) is 0 Å². The zero-order valence-corrected chi connectivity index (χ0v) is 12.5. The standard InChI is InChI=1S/C13H20N2O3S/c1-13(2,17)9-15(3)12(16)14-10-5-7-11(8-6-10)19(4)18/h5-8,17H,9H2,1-4H3,(H,14,16). The maximum atomic E-state index is 11.9. The zero-order chi connectivity index (χ0) is 14.6. The highest BCUT2D eigenvalue weighted by Gasteiger charge is 2.19. The summed E-state index contributed by atoms with van der Waals surface area (Å²) < 4.78 is 11.2. The second-order valence-corrected chi connectivity index (χ2v) is 6.46. The molecule has 19 heavy (non-hydrogen) atoms. The molecule has 0 heterocycles. The zero-order valence-electron chi connectivity index (χ0n) is 11.6.